The van der Waals surface area contributed by atoms with E-state index in [0.717, 1.165) is 19.5 Å². The number of fused-ring (bicyclic) bond motifs is 1. The van der Waals surface area contributed by atoms with Gasteiger partial charge in [-0.1, -0.05) is 30.7 Å². The normalized spacial score (nSPS) is 13.5. The molecule has 0 fully saturated rings. The van der Waals surface area contributed by atoms with Gasteiger partial charge in [0.15, 0.2) is 11.5 Å². The summed E-state index contributed by atoms with van der Waals surface area (Å²) in [5.41, 5.74) is 2.28. The van der Waals surface area contributed by atoms with E-state index < -0.39 is 0 Å². The lowest BCUT2D eigenvalue weighted by Gasteiger charge is -2.24. The molecule has 0 unspecified atom stereocenters. The molecule has 1 aliphatic rings. The first kappa shape index (κ1) is 20.5. The summed E-state index contributed by atoms with van der Waals surface area (Å²) < 4.78 is 11.3. The van der Waals surface area contributed by atoms with Crippen LogP contribution in [0.15, 0.2) is 36.4 Å². The number of anilines is 1. The van der Waals surface area contributed by atoms with E-state index in [4.69, 9.17) is 21.1 Å². The van der Waals surface area contributed by atoms with Crippen LogP contribution in [0, 0.1) is 0 Å². The molecule has 1 N–H and O–H groups in total. The number of carbonyl (C=O) groups is 1. The number of carbonyl (C=O) groups excluding carboxylic acids is 1. The van der Waals surface area contributed by atoms with Crippen LogP contribution < -0.4 is 14.8 Å². The number of nitrogens with zero attached hydrogens (tertiary/aromatic N) is 1. The van der Waals surface area contributed by atoms with Crippen LogP contribution in [-0.2, 0) is 6.54 Å². The van der Waals surface area contributed by atoms with Crippen LogP contribution in [0.5, 0.6) is 11.5 Å². The molecule has 1 aliphatic heterocycles. The molecule has 0 bridgehead atoms. The van der Waals surface area contributed by atoms with Crippen LogP contribution in [0.2, 0.25) is 5.02 Å². The van der Waals surface area contributed by atoms with Crippen molar-refractivity contribution in [3.8, 4) is 11.5 Å². The molecule has 0 radical (unpaired) electrons. The number of benzene rings is 2. The Morgan fingerprint density at radius 1 is 1.14 bits per heavy atom. The van der Waals surface area contributed by atoms with E-state index in [1.807, 2.05) is 24.3 Å². The summed E-state index contributed by atoms with van der Waals surface area (Å²) in [6.07, 6.45) is 0.812. The third-order valence-electron chi connectivity index (χ3n) is 4.82. The zero-order valence-corrected chi connectivity index (χ0v) is 17.4. The molecule has 150 valence electrons. The van der Waals surface area contributed by atoms with Gasteiger partial charge < -0.3 is 14.8 Å². The van der Waals surface area contributed by atoms with Gasteiger partial charge in [0, 0.05) is 36.7 Å². The molecule has 5 nitrogen and oxygen atoms in total. The molecule has 2 aromatic rings. The summed E-state index contributed by atoms with van der Waals surface area (Å²) in [4.78, 5) is 15.0. The lowest BCUT2D eigenvalue weighted by Crippen LogP contribution is -2.29. The highest BCUT2D eigenvalue weighted by Gasteiger charge is 2.16. The van der Waals surface area contributed by atoms with E-state index in [1.54, 1.807) is 12.1 Å². The van der Waals surface area contributed by atoms with Crippen LogP contribution in [0.1, 0.15) is 43.1 Å². The zero-order chi connectivity index (χ0) is 20.1. The predicted octanol–water partition coefficient (Wildman–Crippen LogP) is 4.98. The van der Waals surface area contributed by atoms with Crippen molar-refractivity contribution in [1.82, 2.24) is 4.90 Å². The molecule has 1 amide bonds. The average Bonchev–Trinajstić information content (AvgIpc) is 2.91. The highest BCUT2D eigenvalue weighted by molar-refractivity contribution is 6.34. The minimum atomic E-state index is -0.209. The Bertz CT molecular complexity index is 821. The minimum Gasteiger partial charge on any atom is -0.490 e. The van der Waals surface area contributed by atoms with Gasteiger partial charge in [-0.05, 0) is 38.1 Å². The van der Waals surface area contributed by atoms with Crippen LogP contribution >= 0.6 is 11.6 Å². The summed E-state index contributed by atoms with van der Waals surface area (Å²) in [5.74, 6) is 0.996. The van der Waals surface area contributed by atoms with E-state index in [2.05, 4.69) is 31.0 Å². The van der Waals surface area contributed by atoms with E-state index in [-0.39, 0.29) is 5.91 Å². The molecule has 1 heterocycles. The third-order valence-corrected chi connectivity index (χ3v) is 5.14. The van der Waals surface area contributed by atoms with Gasteiger partial charge in [0.2, 0.25) is 0 Å². The Balaban J connectivity index is 1.70. The fourth-order valence-electron chi connectivity index (χ4n) is 3.13. The first-order chi connectivity index (χ1) is 13.5. The van der Waals surface area contributed by atoms with Gasteiger partial charge in [0.1, 0.15) is 0 Å². The molecular formula is C22H27ClN2O3. The Morgan fingerprint density at radius 2 is 1.79 bits per heavy atom. The van der Waals surface area contributed by atoms with Gasteiger partial charge in [0.25, 0.3) is 5.91 Å². The maximum Gasteiger partial charge on any atom is 0.255 e. The van der Waals surface area contributed by atoms with Gasteiger partial charge in [-0.25, -0.2) is 0 Å². The van der Waals surface area contributed by atoms with Crippen molar-refractivity contribution in [2.75, 3.05) is 25.1 Å². The van der Waals surface area contributed by atoms with Crippen LogP contribution in [0.3, 0.4) is 0 Å². The molecule has 0 aromatic heterocycles. The smallest absolute Gasteiger partial charge is 0.255 e. The van der Waals surface area contributed by atoms with Gasteiger partial charge in [-0.2, -0.15) is 0 Å². The molecule has 0 atom stereocenters. The Labute approximate surface area is 171 Å². The standard InChI is InChI=1S/C22H27ClN2O3/c1-4-25(15(2)3)14-16-6-8-17(9-7-16)22(26)24-19-13-21-20(12-18(19)23)27-10-5-11-28-21/h6-9,12-13,15H,4-5,10-11,14H2,1-3H3,(H,24,26). The molecule has 0 spiro atoms. The van der Waals surface area contributed by atoms with Crippen molar-refractivity contribution < 1.29 is 14.3 Å². The first-order valence-corrected chi connectivity index (χ1v) is 10.1. The fraction of sp³-hybridized carbons (Fsp3) is 0.409. The lowest BCUT2D eigenvalue weighted by molar-refractivity contribution is 0.102. The van der Waals surface area contributed by atoms with Gasteiger partial charge in [-0.15, -0.1) is 0 Å². The SMILES string of the molecule is CCN(Cc1ccc(C(=O)Nc2cc3c(cc2Cl)OCCCO3)cc1)C(C)C. The molecule has 0 aliphatic carbocycles. The van der Waals surface area contributed by atoms with Crippen LogP contribution in [0.25, 0.3) is 0 Å². The van der Waals surface area contributed by atoms with Crippen molar-refractivity contribution in [2.24, 2.45) is 0 Å². The summed E-state index contributed by atoms with van der Waals surface area (Å²) in [6, 6.07) is 11.6. The number of hydrogen-bond donors (Lipinski definition) is 1. The maximum atomic E-state index is 12.6. The number of nitrogens with one attached hydrogen (secondary N) is 1. The van der Waals surface area contributed by atoms with E-state index in [0.29, 0.717) is 47.0 Å². The van der Waals surface area contributed by atoms with Crippen molar-refractivity contribution in [3.05, 3.63) is 52.5 Å². The summed E-state index contributed by atoms with van der Waals surface area (Å²) in [5, 5.41) is 3.29. The van der Waals surface area contributed by atoms with Crippen LogP contribution in [-0.4, -0.2) is 36.6 Å². The highest BCUT2D eigenvalue weighted by Crippen LogP contribution is 2.37. The molecule has 0 saturated carbocycles. The van der Waals surface area contributed by atoms with E-state index in [1.165, 1.54) is 5.56 Å². The molecule has 2 aromatic carbocycles. The van der Waals surface area contributed by atoms with E-state index >= 15 is 0 Å². The average molecular weight is 403 g/mol. The Kier molecular flexibility index (Phi) is 6.81. The van der Waals surface area contributed by atoms with E-state index in [9.17, 15) is 4.79 Å². The van der Waals surface area contributed by atoms with Crippen molar-refractivity contribution in [1.29, 1.82) is 0 Å². The summed E-state index contributed by atoms with van der Waals surface area (Å²) >= 11 is 6.32. The number of rotatable bonds is 6. The second-order valence-electron chi connectivity index (χ2n) is 7.14. The second kappa shape index (κ2) is 9.30. The third kappa shape index (κ3) is 4.97. The number of hydrogen-bond acceptors (Lipinski definition) is 4. The molecular weight excluding hydrogens is 376 g/mol. The van der Waals surface area contributed by atoms with Gasteiger partial charge in [0.05, 0.1) is 23.9 Å². The van der Waals surface area contributed by atoms with Crippen molar-refractivity contribution in [3.63, 3.8) is 0 Å². The summed E-state index contributed by atoms with van der Waals surface area (Å²) in [6.45, 7) is 9.55. The number of ether oxygens (including phenoxy) is 2. The maximum absolute atomic E-state index is 12.6. The molecule has 3 rings (SSSR count). The topological polar surface area (TPSA) is 50.8 Å². The zero-order valence-electron chi connectivity index (χ0n) is 16.6. The first-order valence-electron chi connectivity index (χ1n) is 9.71. The minimum absolute atomic E-state index is 0.209. The Hall–Kier alpha value is -2.24. The number of amides is 1. The fourth-order valence-corrected chi connectivity index (χ4v) is 3.33. The monoisotopic (exact) mass is 402 g/mol. The quantitative estimate of drug-likeness (QED) is 0.740. The van der Waals surface area contributed by atoms with Gasteiger partial charge in [-0.3, -0.25) is 9.69 Å². The Morgan fingerprint density at radius 3 is 2.39 bits per heavy atom. The molecule has 6 heteroatoms. The second-order valence-corrected chi connectivity index (χ2v) is 7.54. The molecule has 0 saturated heterocycles. The molecule has 28 heavy (non-hydrogen) atoms. The number of halogens is 1. The summed E-state index contributed by atoms with van der Waals surface area (Å²) in [7, 11) is 0. The highest BCUT2D eigenvalue weighted by atomic mass is 35.5. The van der Waals surface area contributed by atoms with Gasteiger partial charge >= 0.3 is 0 Å². The lowest BCUT2D eigenvalue weighted by atomic mass is 10.1. The van der Waals surface area contributed by atoms with Crippen molar-refractivity contribution in [2.45, 2.75) is 39.8 Å². The van der Waals surface area contributed by atoms with Crippen molar-refractivity contribution >= 4 is 23.2 Å². The van der Waals surface area contributed by atoms with Crippen LogP contribution in [0.4, 0.5) is 5.69 Å². The largest absolute Gasteiger partial charge is 0.490 e. The predicted molar refractivity (Wildman–Crippen MR) is 113 cm³/mol.